The van der Waals surface area contributed by atoms with Crippen molar-refractivity contribution in [1.29, 1.82) is 0 Å². The summed E-state index contributed by atoms with van der Waals surface area (Å²) in [5.41, 5.74) is 0. The Balaban J connectivity index is 2.37. The molecular formula is C12H20N4O3. The van der Waals surface area contributed by atoms with Gasteiger partial charge < -0.3 is 10.4 Å². The van der Waals surface area contributed by atoms with Crippen LogP contribution in [0.25, 0.3) is 0 Å². The monoisotopic (exact) mass is 268 g/mol. The molecule has 0 radical (unpaired) electrons. The van der Waals surface area contributed by atoms with Crippen molar-refractivity contribution in [1.82, 2.24) is 20.1 Å². The van der Waals surface area contributed by atoms with Crippen LogP contribution in [0.15, 0.2) is 12.7 Å². The maximum atomic E-state index is 11.6. The molecule has 0 aromatic carbocycles. The molecule has 1 amide bonds. The number of aromatic nitrogens is 3. The Morgan fingerprint density at radius 3 is 2.68 bits per heavy atom. The zero-order chi connectivity index (χ0) is 14.3. The van der Waals surface area contributed by atoms with Gasteiger partial charge in [-0.25, -0.2) is 9.67 Å². The molecule has 0 bridgehead atoms. The van der Waals surface area contributed by atoms with E-state index in [4.69, 9.17) is 5.11 Å². The Morgan fingerprint density at radius 1 is 1.42 bits per heavy atom. The van der Waals surface area contributed by atoms with E-state index in [0.717, 1.165) is 6.42 Å². The SMILES string of the molecule is CC(C)CC(CNC(=O)Cn1cncn1)CC(=O)O. The molecule has 2 N–H and O–H groups in total. The van der Waals surface area contributed by atoms with Gasteiger partial charge in [0.25, 0.3) is 0 Å². The number of nitrogens with zero attached hydrogens (tertiary/aromatic N) is 3. The summed E-state index contributed by atoms with van der Waals surface area (Å²) in [5, 5.41) is 15.4. The molecule has 1 atom stereocenters. The van der Waals surface area contributed by atoms with Gasteiger partial charge in [0.1, 0.15) is 19.2 Å². The van der Waals surface area contributed by atoms with Crippen molar-refractivity contribution in [2.75, 3.05) is 6.54 Å². The standard InChI is InChI=1S/C12H20N4O3/c1-9(2)3-10(4-12(18)19)5-14-11(17)6-16-8-13-7-15-16/h7-10H,3-6H2,1-2H3,(H,14,17)(H,18,19). The molecule has 1 rings (SSSR count). The summed E-state index contributed by atoms with van der Waals surface area (Å²) in [6.07, 6.45) is 3.67. The number of amides is 1. The van der Waals surface area contributed by atoms with Crippen LogP contribution in [-0.4, -0.2) is 38.3 Å². The summed E-state index contributed by atoms with van der Waals surface area (Å²) < 4.78 is 1.42. The lowest BCUT2D eigenvalue weighted by molar-refractivity contribution is -0.138. The van der Waals surface area contributed by atoms with Crippen LogP contribution < -0.4 is 5.32 Å². The highest BCUT2D eigenvalue weighted by atomic mass is 16.4. The van der Waals surface area contributed by atoms with Crippen molar-refractivity contribution in [2.24, 2.45) is 11.8 Å². The van der Waals surface area contributed by atoms with Crippen molar-refractivity contribution >= 4 is 11.9 Å². The average molecular weight is 268 g/mol. The first kappa shape index (κ1) is 15.1. The quantitative estimate of drug-likeness (QED) is 0.717. The third-order valence-electron chi connectivity index (χ3n) is 2.63. The number of nitrogens with one attached hydrogen (secondary N) is 1. The van der Waals surface area contributed by atoms with Crippen molar-refractivity contribution in [3.05, 3.63) is 12.7 Å². The fraction of sp³-hybridized carbons (Fsp3) is 0.667. The normalized spacial score (nSPS) is 12.4. The van der Waals surface area contributed by atoms with E-state index in [2.05, 4.69) is 15.4 Å². The summed E-state index contributed by atoms with van der Waals surface area (Å²) in [6.45, 7) is 4.54. The van der Waals surface area contributed by atoms with Gasteiger partial charge in [0.15, 0.2) is 0 Å². The number of carboxylic acids is 1. The molecule has 1 aromatic rings. The molecule has 7 heteroatoms. The second kappa shape index (κ2) is 7.50. The minimum atomic E-state index is -0.837. The predicted octanol–water partition coefficient (Wildman–Crippen LogP) is 0.531. The topological polar surface area (TPSA) is 97.1 Å². The Labute approximate surface area is 112 Å². The molecule has 0 spiro atoms. The van der Waals surface area contributed by atoms with E-state index in [1.807, 2.05) is 13.8 Å². The van der Waals surface area contributed by atoms with Gasteiger partial charge in [0.2, 0.25) is 5.91 Å². The van der Waals surface area contributed by atoms with Crippen molar-refractivity contribution < 1.29 is 14.7 Å². The third kappa shape index (κ3) is 6.54. The molecule has 0 saturated heterocycles. The highest BCUT2D eigenvalue weighted by Crippen LogP contribution is 2.14. The molecule has 0 aliphatic carbocycles. The molecule has 0 aliphatic rings. The first-order valence-electron chi connectivity index (χ1n) is 6.28. The smallest absolute Gasteiger partial charge is 0.303 e. The average Bonchev–Trinajstić information content (AvgIpc) is 2.77. The summed E-state index contributed by atoms with van der Waals surface area (Å²) >= 11 is 0. The van der Waals surface area contributed by atoms with E-state index in [9.17, 15) is 9.59 Å². The van der Waals surface area contributed by atoms with Crippen LogP contribution >= 0.6 is 0 Å². The minimum absolute atomic E-state index is 0.0443. The van der Waals surface area contributed by atoms with Crippen LogP contribution in [0.2, 0.25) is 0 Å². The molecule has 1 unspecified atom stereocenters. The maximum absolute atomic E-state index is 11.6. The number of rotatable bonds is 8. The summed E-state index contributed by atoms with van der Waals surface area (Å²) in [7, 11) is 0. The van der Waals surface area contributed by atoms with Crippen LogP contribution in [0, 0.1) is 11.8 Å². The van der Waals surface area contributed by atoms with Gasteiger partial charge in [-0.3, -0.25) is 9.59 Å². The number of aliphatic carboxylic acids is 1. The first-order valence-corrected chi connectivity index (χ1v) is 6.28. The second-order valence-electron chi connectivity index (χ2n) is 4.99. The Morgan fingerprint density at radius 2 is 2.16 bits per heavy atom. The number of carbonyl (C=O) groups excluding carboxylic acids is 1. The van der Waals surface area contributed by atoms with Gasteiger partial charge in [0, 0.05) is 13.0 Å². The van der Waals surface area contributed by atoms with Crippen LogP contribution in [0.5, 0.6) is 0 Å². The van der Waals surface area contributed by atoms with Crippen molar-refractivity contribution in [3.8, 4) is 0 Å². The lowest BCUT2D eigenvalue weighted by Gasteiger charge is -2.17. The second-order valence-corrected chi connectivity index (χ2v) is 4.99. The summed E-state index contributed by atoms with van der Waals surface area (Å²) in [4.78, 5) is 26.1. The van der Waals surface area contributed by atoms with Crippen LogP contribution in [-0.2, 0) is 16.1 Å². The molecule has 7 nitrogen and oxygen atoms in total. The molecule has 1 aromatic heterocycles. The largest absolute Gasteiger partial charge is 0.481 e. The van der Waals surface area contributed by atoms with E-state index in [1.165, 1.54) is 17.3 Å². The predicted molar refractivity (Wildman–Crippen MR) is 68.2 cm³/mol. The van der Waals surface area contributed by atoms with E-state index in [1.54, 1.807) is 0 Å². The third-order valence-corrected chi connectivity index (χ3v) is 2.63. The van der Waals surface area contributed by atoms with Crippen LogP contribution in [0.4, 0.5) is 0 Å². The zero-order valence-corrected chi connectivity index (χ0v) is 11.2. The number of carboxylic acid groups (broad SMARTS) is 1. The van der Waals surface area contributed by atoms with Gasteiger partial charge in [0.05, 0.1) is 0 Å². The molecule has 19 heavy (non-hydrogen) atoms. The van der Waals surface area contributed by atoms with E-state index < -0.39 is 5.97 Å². The van der Waals surface area contributed by atoms with Gasteiger partial charge >= 0.3 is 5.97 Å². The number of hydrogen-bond donors (Lipinski definition) is 2. The lowest BCUT2D eigenvalue weighted by Crippen LogP contribution is -2.33. The highest BCUT2D eigenvalue weighted by Gasteiger charge is 2.16. The molecule has 0 fully saturated rings. The fourth-order valence-electron chi connectivity index (χ4n) is 1.93. The fourth-order valence-corrected chi connectivity index (χ4v) is 1.93. The molecular weight excluding hydrogens is 248 g/mol. The van der Waals surface area contributed by atoms with Crippen molar-refractivity contribution in [3.63, 3.8) is 0 Å². The summed E-state index contributed by atoms with van der Waals surface area (Å²) in [6, 6.07) is 0. The van der Waals surface area contributed by atoms with Crippen LogP contribution in [0.3, 0.4) is 0 Å². The van der Waals surface area contributed by atoms with Gasteiger partial charge in [-0.2, -0.15) is 5.10 Å². The lowest BCUT2D eigenvalue weighted by atomic mass is 9.94. The van der Waals surface area contributed by atoms with E-state index >= 15 is 0 Å². The Kier molecular flexibility index (Phi) is 5.98. The summed E-state index contributed by atoms with van der Waals surface area (Å²) in [5.74, 6) is -0.672. The van der Waals surface area contributed by atoms with Gasteiger partial charge in [-0.1, -0.05) is 13.8 Å². The van der Waals surface area contributed by atoms with Crippen LogP contribution in [0.1, 0.15) is 26.7 Å². The molecule has 106 valence electrons. The number of carbonyl (C=O) groups is 2. The molecule has 0 saturated carbocycles. The van der Waals surface area contributed by atoms with Gasteiger partial charge in [-0.05, 0) is 18.3 Å². The Hall–Kier alpha value is -1.92. The van der Waals surface area contributed by atoms with E-state index in [0.29, 0.717) is 12.5 Å². The number of hydrogen-bond acceptors (Lipinski definition) is 4. The van der Waals surface area contributed by atoms with Crippen molar-refractivity contribution in [2.45, 2.75) is 33.2 Å². The minimum Gasteiger partial charge on any atom is -0.481 e. The first-order chi connectivity index (χ1) is 8.97. The Bertz CT molecular complexity index is 403. The van der Waals surface area contributed by atoms with Gasteiger partial charge in [-0.15, -0.1) is 0 Å². The molecule has 1 heterocycles. The highest BCUT2D eigenvalue weighted by molar-refractivity contribution is 5.75. The van der Waals surface area contributed by atoms with E-state index in [-0.39, 0.29) is 24.8 Å². The maximum Gasteiger partial charge on any atom is 0.303 e. The molecule has 0 aliphatic heterocycles. The zero-order valence-electron chi connectivity index (χ0n) is 11.2.